The molecule has 3 rings (SSSR count). The van der Waals surface area contributed by atoms with E-state index in [9.17, 15) is 9.18 Å². The molecule has 2 unspecified atom stereocenters. The van der Waals surface area contributed by atoms with Gasteiger partial charge in [0.05, 0.1) is 5.54 Å². The number of hydrogen-bond acceptors (Lipinski definition) is 1. The number of nitrogens with two attached hydrogens (primary N) is 1. The predicted octanol–water partition coefficient (Wildman–Crippen LogP) is 3.24. The molecule has 2 amide bonds. The van der Waals surface area contributed by atoms with Gasteiger partial charge in [-0.1, -0.05) is 36.4 Å². The minimum absolute atomic E-state index is 0.124. The molecular formula is C17H17FN2O. The molecule has 0 bridgehead atoms. The van der Waals surface area contributed by atoms with Gasteiger partial charge in [0.15, 0.2) is 0 Å². The number of benzene rings is 2. The van der Waals surface area contributed by atoms with Crippen LogP contribution < -0.4 is 11.1 Å². The highest BCUT2D eigenvalue weighted by atomic mass is 19.1. The second-order valence-corrected chi connectivity index (χ2v) is 5.72. The maximum atomic E-state index is 13.1. The van der Waals surface area contributed by atoms with Gasteiger partial charge in [-0.2, -0.15) is 0 Å². The number of urea groups is 1. The Morgan fingerprint density at radius 2 is 1.90 bits per heavy atom. The molecule has 0 aromatic heterocycles. The molecule has 0 heterocycles. The lowest BCUT2D eigenvalue weighted by atomic mass is 9.91. The van der Waals surface area contributed by atoms with E-state index in [1.54, 1.807) is 12.1 Å². The summed E-state index contributed by atoms with van der Waals surface area (Å²) < 4.78 is 13.1. The summed E-state index contributed by atoms with van der Waals surface area (Å²) in [6.07, 6.45) is 0.709. The zero-order chi connectivity index (χ0) is 15.0. The summed E-state index contributed by atoms with van der Waals surface area (Å²) in [6, 6.07) is 14.0. The van der Waals surface area contributed by atoms with Crippen LogP contribution in [0.3, 0.4) is 0 Å². The molecular weight excluding hydrogens is 267 g/mol. The predicted molar refractivity (Wildman–Crippen MR) is 79.4 cm³/mol. The lowest BCUT2D eigenvalue weighted by Gasteiger charge is -2.26. The number of carbonyl (C=O) groups is 1. The standard InChI is InChI=1S/C17H17FN2O/c1-17(20-16(19)21)10-14(11-6-8-12(18)9-7-11)13-4-2-3-5-15(13)17/h2-9,14H,10H2,1H3,(H3,19,20,21). The lowest BCUT2D eigenvalue weighted by Crippen LogP contribution is -2.44. The number of hydrogen-bond donors (Lipinski definition) is 2. The molecule has 4 heteroatoms. The summed E-state index contributed by atoms with van der Waals surface area (Å²) >= 11 is 0. The van der Waals surface area contributed by atoms with E-state index in [1.807, 2.05) is 25.1 Å². The van der Waals surface area contributed by atoms with Gasteiger partial charge in [-0.05, 0) is 42.2 Å². The third-order valence-electron chi connectivity index (χ3n) is 4.21. The van der Waals surface area contributed by atoms with Crippen molar-refractivity contribution in [2.45, 2.75) is 24.8 Å². The largest absolute Gasteiger partial charge is 0.352 e. The molecule has 0 saturated carbocycles. The molecule has 3 nitrogen and oxygen atoms in total. The van der Waals surface area contributed by atoms with Crippen molar-refractivity contribution in [3.8, 4) is 0 Å². The molecule has 2 aromatic carbocycles. The van der Waals surface area contributed by atoms with Gasteiger partial charge in [0, 0.05) is 5.92 Å². The monoisotopic (exact) mass is 284 g/mol. The molecule has 2 aromatic rings. The minimum atomic E-state index is -0.535. The molecule has 0 radical (unpaired) electrons. The fourth-order valence-corrected chi connectivity index (χ4v) is 3.31. The Kier molecular flexibility index (Phi) is 3.16. The van der Waals surface area contributed by atoms with Crippen molar-refractivity contribution in [1.82, 2.24) is 5.32 Å². The summed E-state index contributed by atoms with van der Waals surface area (Å²) in [7, 11) is 0. The summed E-state index contributed by atoms with van der Waals surface area (Å²) in [5, 5.41) is 2.85. The topological polar surface area (TPSA) is 55.1 Å². The molecule has 1 aliphatic rings. The van der Waals surface area contributed by atoms with Crippen molar-refractivity contribution in [3.63, 3.8) is 0 Å². The van der Waals surface area contributed by atoms with Crippen LogP contribution in [0.15, 0.2) is 48.5 Å². The number of rotatable bonds is 2. The summed E-state index contributed by atoms with van der Waals surface area (Å²) in [5.74, 6) is -0.123. The average molecular weight is 284 g/mol. The Morgan fingerprint density at radius 3 is 2.57 bits per heavy atom. The van der Waals surface area contributed by atoms with Gasteiger partial charge in [0.25, 0.3) is 0 Å². The Balaban J connectivity index is 2.05. The van der Waals surface area contributed by atoms with Crippen LogP contribution in [-0.4, -0.2) is 6.03 Å². The van der Waals surface area contributed by atoms with Crippen molar-refractivity contribution in [3.05, 3.63) is 71.0 Å². The van der Waals surface area contributed by atoms with E-state index in [0.29, 0.717) is 6.42 Å². The Labute approximate surface area is 123 Å². The van der Waals surface area contributed by atoms with Crippen LogP contribution in [0.5, 0.6) is 0 Å². The van der Waals surface area contributed by atoms with Crippen LogP contribution in [0.2, 0.25) is 0 Å². The molecule has 108 valence electrons. The van der Waals surface area contributed by atoms with Crippen LogP contribution in [0.4, 0.5) is 9.18 Å². The van der Waals surface area contributed by atoms with Crippen molar-refractivity contribution < 1.29 is 9.18 Å². The first kappa shape index (κ1) is 13.6. The smallest absolute Gasteiger partial charge is 0.312 e. The Morgan fingerprint density at radius 1 is 1.24 bits per heavy atom. The first-order chi connectivity index (χ1) is 9.99. The molecule has 2 atom stereocenters. The number of nitrogens with one attached hydrogen (secondary N) is 1. The molecule has 1 aliphatic carbocycles. The SMILES string of the molecule is CC1(NC(N)=O)CC(c2ccc(F)cc2)c2ccccc21. The zero-order valence-corrected chi connectivity index (χ0v) is 11.8. The second-order valence-electron chi connectivity index (χ2n) is 5.72. The molecule has 0 spiro atoms. The summed E-state index contributed by atoms with van der Waals surface area (Å²) in [6.45, 7) is 1.97. The fraction of sp³-hybridized carbons (Fsp3) is 0.235. The molecule has 3 N–H and O–H groups in total. The number of carbonyl (C=O) groups excluding carboxylic acids is 1. The van der Waals surface area contributed by atoms with Gasteiger partial charge in [-0.25, -0.2) is 9.18 Å². The van der Waals surface area contributed by atoms with Gasteiger partial charge in [-0.15, -0.1) is 0 Å². The van der Waals surface area contributed by atoms with Crippen LogP contribution in [-0.2, 0) is 5.54 Å². The number of primary amides is 1. The number of halogens is 1. The van der Waals surface area contributed by atoms with Crippen molar-refractivity contribution in [2.24, 2.45) is 5.73 Å². The second kappa shape index (κ2) is 4.88. The highest BCUT2D eigenvalue weighted by Gasteiger charge is 2.41. The van der Waals surface area contributed by atoms with Crippen molar-refractivity contribution in [1.29, 1.82) is 0 Å². The van der Waals surface area contributed by atoms with Crippen molar-refractivity contribution in [2.75, 3.05) is 0 Å². The molecule has 0 saturated heterocycles. The highest BCUT2D eigenvalue weighted by Crippen LogP contribution is 2.47. The third kappa shape index (κ3) is 2.37. The van der Waals surface area contributed by atoms with Gasteiger partial charge in [-0.3, -0.25) is 0 Å². The van der Waals surface area contributed by atoms with Gasteiger partial charge in [0.1, 0.15) is 5.82 Å². The lowest BCUT2D eigenvalue weighted by molar-refractivity contribution is 0.235. The quantitative estimate of drug-likeness (QED) is 0.874. The average Bonchev–Trinajstić information content (AvgIpc) is 2.73. The molecule has 21 heavy (non-hydrogen) atoms. The van der Waals surface area contributed by atoms with Gasteiger partial charge in [0.2, 0.25) is 0 Å². The highest BCUT2D eigenvalue weighted by molar-refractivity contribution is 5.73. The van der Waals surface area contributed by atoms with E-state index in [4.69, 9.17) is 5.73 Å². The number of fused-ring (bicyclic) bond motifs is 1. The van der Waals surface area contributed by atoms with Gasteiger partial charge < -0.3 is 11.1 Å². The molecule has 0 fully saturated rings. The number of amides is 2. The van der Waals surface area contributed by atoms with Gasteiger partial charge >= 0.3 is 6.03 Å². The first-order valence-electron chi connectivity index (χ1n) is 6.92. The zero-order valence-electron chi connectivity index (χ0n) is 11.8. The van der Waals surface area contributed by atoms with E-state index >= 15 is 0 Å². The molecule has 0 aliphatic heterocycles. The van der Waals surface area contributed by atoms with E-state index in [1.165, 1.54) is 12.1 Å². The van der Waals surface area contributed by atoms with E-state index in [2.05, 4.69) is 11.4 Å². The summed E-state index contributed by atoms with van der Waals surface area (Å²) in [4.78, 5) is 11.3. The van der Waals surface area contributed by atoms with Crippen LogP contribution in [0.1, 0.15) is 36.0 Å². The normalized spacial score (nSPS) is 23.6. The third-order valence-corrected chi connectivity index (χ3v) is 4.21. The Hall–Kier alpha value is -2.36. The van der Waals surface area contributed by atoms with Crippen LogP contribution >= 0.6 is 0 Å². The van der Waals surface area contributed by atoms with Crippen LogP contribution in [0, 0.1) is 5.82 Å². The maximum absolute atomic E-state index is 13.1. The van der Waals surface area contributed by atoms with E-state index in [0.717, 1.165) is 16.7 Å². The summed E-state index contributed by atoms with van der Waals surface area (Å²) in [5.41, 5.74) is 8.08. The minimum Gasteiger partial charge on any atom is -0.352 e. The van der Waals surface area contributed by atoms with E-state index < -0.39 is 11.6 Å². The fourth-order valence-electron chi connectivity index (χ4n) is 3.31. The van der Waals surface area contributed by atoms with Crippen molar-refractivity contribution >= 4 is 6.03 Å². The van der Waals surface area contributed by atoms with E-state index in [-0.39, 0.29) is 11.7 Å². The van der Waals surface area contributed by atoms with Crippen LogP contribution in [0.25, 0.3) is 0 Å². The first-order valence-corrected chi connectivity index (χ1v) is 6.92. The maximum Gasteiger partial charge on any atom is 0.312 e. The Bertz CT molecular complexity index is 683.